The zero-order chi connectivity index (χ0) is 19.0. The molecule has 27 heavy (non-hydrogen) atoms. The van der Waals surface area contributed by atoms with Crippen LogP contribution in [-0.2, 0) is 0 Å². The van der Waals surface area contributed by atoms with E-state index >= 15 is 0 Å². The molecule has 1 aromatic carbocycles. The van der Waals surface area contributed by atoms with Gasteiger partial charge in [0, 0.05) is 23.0 Å². The average molecular weight is 373 g/mol. The third-order valence-electron chi connectivity index (χ3n) is 4.42. The molecule has 0 amide bonds. The van der Waals surface area contributed by atoms with E-state index in [1.807, 2.05) is 48.9 Å². The number of nitrogens with zero attached hydrogens (tertiary/aromatic N) is 4. The molecule has 0 bridgehead atoms. The predicted octanol–water partition coefficient (Wildman–Crippen LogP) is 3.85. The van der Waals surface area contributed by atoms with Gasteiger partial charge in [-0.3, -0.25) is 4.79 Å². The summed E-state index contributed by atoms with van der Waals surface area (Å²) in [4.78, 5) is 25.4. The Kier molecular flexibility index (Phi) is 4.18. The second-order valence-corrected chi connectivity index (χ2v) is 7.31. The summed E-state index contributed by atoms with van der Waals surface area (Å²) in [5, 5.41) is 10.2. The molecule has 0 fully saturated rings. The van der Waals surface area contributed by atoms with E-state index in [-0.39, 0.29) is 11.4 Å². The number of H-pyrrole nitrogens is 1. The summed E-state index contributed by atoms with van der Waals surface area (Å²) < 4.78 is 1.90. The smallest absolute Gasteiger partial charge is 0.260 e. The maximum Gasteiger partial charge on any atom is 0.260 e. The summed E-state index contributed by atoms with van der Waals surface area (Å²) in [5.41, 5.74) is 2.85. The first-order valence-corrected chi connectivity index (χ1v) is 9.09. The lowest BCUT2D eigenvalue weighted by atomic mass is 10.1. The molecule has 4 aromatic rings. The minimum Gasteiger partial charge on any atom is -0.306 e. The molecule has 0 saturated carbocycles. The normalized spacial score (nSPS) is 11.7. The minimum atomic E-state index is -0.214. The van der Waals surface area contributed by atoms with Crippen molar-refractivity contribution in [3.63, 3.8) is 0 Å². The van der Waals surface area contributed by atoms with E-state index in [1.54, 1.807) is 18.6 Å². The quantitative estimate of drug-likeness (QED) is 0.553. The number of nitriles is 1. The highest BCUT2D eigenvalue weighted by molar-refractivity contribution is 7.18. The molecule has 3 aromatic heterocycles. The number of aryl methyl sites for hydroxylation is 2. The maximum atomic E-state index is 12.4. The first-order valence-electron chi connectivity index (χ1n) is 8.27. The number of nitrogens with one attached hydrogen (secondary N) is 1. The van der Waals surface area contributed by atoms with Gasteiger partial charge < -0.3 is 9.55 Å². The molecule has 0 aliphatic carbocycles. The van der Waals surface area contributed by atoms with Crippen LogP contribution in [0.3, 0.4) is 0 Å². The number of benzene rings is 1. The Labute approximate surface area is 159 Å². The van der Waals surface area contributed by atoms with Crippen LogP contribution in [0.5, 0.6) is 0 Å². The zero-order valence-electron chi connectivity index (χ0n) is 14.7. The Morgan fingerprint density at radius 3 is 2.74 bits per heavy atom. The molecule has 7 heteroatoms. The van der Waals surface area contributed by atoms with Crippen LogP contribution in [0.4, 0.5) is 0 Å². The monoisotopic (exact) mass is 373 g/mol. The van der Waals surface area contributed by atoms with Gasteiger partial charge in [-0.05, 0) is 43.2 Å². The number of aromatic nitrogens is 4. The Bertz CT molecular complexity index is 1250. The van der Waals surface area contributed by atoms with Crippen molar-refractivity contribution in [3.8, 4) is 11.8 Å². The van der Waals surface area contributed by atoms with Gasteiger partial charge >= 0.3 is 0 Å². The number of fused-ring (bicyclic) bond motifs is 1. The first kappa shape index (κ1) is 16.9. The van der Waals surface area contributed by atoms with Gasteiger partial charge in [0.05, 0.1) is 17.3 Å². The van der Waals surface area contributed by atoms with Crippen molar-refractivity contribution in [2.45, 2.75) is 13.8 Å². The Morgan fingerprint density at radius 2 is 2.07 bits per heavy atom. The summed E-state index contributed by atoms with van der Waals surface area (Å²) in [6.45, 7) is 3.87. The van der Waals surface area contributed by atoms with Crippen molar-refractivity contribution in [2.24, 2.45) is 0 Å². The molecule has 0 unspecified atom stereocenters. The van der Waals surface area contributed by atoms with Crippen LogP contribution < -0.4 is 5.56 Å². The highest BCUT2D eigenvalue weighted by Crippen LogP contribution is 2.27. The highest BCUT2D eigenvalue weighted by Gasteiger charge is 2.14. The van der Waals surface area contributed by atoms with Crippen LogP contribution in [0, 0.1) is 25.2 Å². The van der Waals surface area contributed by atoms with Crippen molar-refractivity contribution >= 4 is 33.2 Å². The van der Waals surface area contributed by atoms with E-state index in [9.17, 15) is 10.1 Å². The second-order valence-electron chi connectivity index (χ2n) is 6.11. The van der Waals surface area contributed by atoms with Crippen molar-refractivity contribution in [2.75, 3.05) is 0 Å². The summed E-state index contributed by atoms with van der Waals surface area (Å²) in [6, 6.07) is 9.83. The fourth-order valence-corrected chi connectivity index (χ4v) is 3.89. The SMILES string of the molecule is Cc1sc2nc(/C(C#N)=C/c3ccc(-n4ccnc4)cc3)[nH]c(=O)c2c1C. The summed E-state index contributed by atoms with van der Waals surface area (Å²) in [6.07, 6.45) is 7.02. The van der Waals surface area contributed by atoms with Gasteiger partial charge in [-0.25, -0.2) is 9.97 Å². The molecule has 0 aliphatic rings. The van der Waals surface area contributed by atoms with Crippen molar-refractivity contribution in [1.82, 2.24) is 19.5 Å². The van der Waals surface area contributed by atoms with Crippen LogP contribution in [0.25, 0.3) is 27.6 Å². The number of thiophene rings is 1. The molecule has 4 rings (SSSR count). The molecule has 3 heterocycles. The van der Waals surface area contributed by atoms with Gasteiger partial charge in [0.2, 0.25) is 0 Å². The first-order chi connectivity index (χ1) is 13.1. The topological polar surface area (TPSA) is 87.4 Å². The lowest BCUT2D eigenvalue weighted by molar-refractivity contribution is 1.06. The largest absolute Gasteiger partial charge is 0.306 e. The molecule has 0 radical (unpaired) electrons. The number of aromatic amines is 1. The van der Waals surface area contributed by atoms with Crippen LogP contribution in [0.15, 0.2) is 47.8 Å². The molecular formula is C20H15N5OS. The fraction of sp³-hybridized carbons (Fsp3) is 0.100. The Morgan fingerprint density at radius 1 is 1.30 bits per heavy atom. The number of hydrogen-bond acceptors (Lipinski definition) is 5. The zero-order valence-corrected chi connectivity index (χ0v) is 15.5. The van der Waals surface area contributed by atoms with Gasteiger partial charge in [0.25, 0.3) is 5.56 Å². The molecule has 0 atom stereocenters. The number of imidazole rings is 1. The van der Waals surface area contributed by atoms with Crippen LogP contribution in [0.1, 0.15) is 21.8 Å². The van der Waals surface area contributed by atoms with E-state index in [0.29, 0.717) is 15.8 Å². The maximum absolute atomic E-state index is 12.4. The molecule has 0 spiro atoms. The molecule has 132 valence electrons. The summed E-state index contributed by atoms with van der Waals surface area (Å²) in [7, 11) is 0. The van der Waals surface area contributed by atoms with Gasteiger partial charge in [-0.2, -0.15) is 5.26 Å². The minimum absolute atomic E-state index is 0.214. The fourth-order valence-electron chi connectivity index (χ4n) is 2.86. The summed E-state index contributed by atoms with van der Waals surface area (Å²) in [5.74, 6) is 0.287. The summed E-state index contributed by atoms with van der Waals surface area (Å²) >= 11 is 1.47. The Hall–Kier alpha value is -3.50. The molecule has 6 nitrogen and oxygen atoms in total. The lowest BCUT2D eigenvalue weighted by Gasteiger charge is -2.03. The van der Waals surface area contributed by atoms with E-state index in [4.69, 9.17) is 0 Å². The standard InChI is InChI=1S/C20H15N5OS/c1-12-13(2)27-20-17(12)19(26)23-18(24-20)15(10-21)9-14-3-5-16(6-4-14)25-8-7-22-11-25/h3-9,11H,1-2H3,(H,23,24,26)/b15-9+. The van der Waals surface area contributed by atoms with Crippen LogP contribution >= 0.6 is 11.3 Å². The number of allylic oxidation sites excluding steroid dienone is 1. The predicted molar refractivity (Wildman–Crippen MR) is 107 cm³/mol. The molecular weight excluding hydrogens is 358 g/mol. The van der Waals surface area contributed by atoms with Crippen molar-refractivity contribution < 1.29 is 0 Å². The number of hydrogen-bond donors (Lipinski definition) is 1. The Balaban J connectivity index is 1.75. The third-order valence-corrected chi connectivity index (χ3v) is 5.52. The van der Waals surface area contributed by atoms with Gasteiger partial charge in [-0.15, -0.1) is 11.3 Å². The van der Waals surface area contributed by atoms with Gasteiger partial charge in [0.15, 0.2) is 5.82 Å². The molecule has 1 N–H and O–H groups in total. The van der Waals surface area contributed by atoms with E-state index in [2.05, 4.69) is 21.0 Å². The second kappa shape index (κ2) is 6.67. The third kappa shape index (κ3) is 3.07. The van der Waals surface area contributed by atoms with Crippen molar-refractivity contribution in [1.29, 1.82) is 5.26 Å². The average Bonchev–Trinajstić information content (AvgIpc) is 3.29. The van der Waals surface area contributed by atoms with Gasteiger partial charge in [0.1, 0.15) is 10.9 Å². The van der Waals surface area contributed by atoms with E-state index in [0.717, 1.165) is 21.7 Å². The van der Waals surface area contributed by atoms with Gasteiger partial charge in [-0.1, -0.05) is 12.1 Å². The van der Waals surface area contributed by atoms with E-state index < -0.39 is 0 Å². The highest BCUT2D eigenvalue weighted by atomic mass is 32.1. The van der Waals surface area contributed by atoms with E-state index in [1.165, 1.54) is 11.3 Å². The van der Waals surface area contributed by atoms with Crippen LogP contribution in [0.2, 0.25) is 0 Å². The molecule has 0 aliphatic heterocycles. The number of rotatable bonds is 3. The molecule has 0 saturated heterocycles. The lowest BCUT2D eigenvalue weighted by Crippen LogP contribution is -2.10. The van der Waals surface area contributed by atoms with Crippen molar-refractivity contribution in [3.05, 3.63) is 75.2 Å². The van der Waals surface area contributed by atoms with Crippen LogP contribution in [-0.4, -0.2) is 19.5 Å².